The smallest absolute Gasteiger partial charge is 0.236 e. The minimum absolute atomic E-state index is 0.300. The summed E-state index contributed by atoms with van der Waals surface area (Å²) in [4.78, 5) is 8.12. The van der Waals surface area contributed by atoms with E-state index in [1.165, 1.54) is 0 Å². The van der Waals surface area contributed by atoms with E-state index in [1.807, 2.05) is 24.5 Å². The maximum absolute atomic E-state index is 5.84. The van der Waals surface area contributed by atoms with Crippen LogP contribution in [0.1, 0.15) is 0 Å². The van der Waals surface area contributed by atoms with Gasteiger partial charge in [0, 0.05) is 12.4 Å². The highest BCUT2D eigenvalue weighted by Crippen LogP contribution is 2.27. The first kappa shape index (κ1) is 9.96. The molecule has 0 saturated heterocycles. The third-order valence-electron chi connectivity index (χ3n) is 1.59. The van der Waals surface area contributed by atoms with E-state index < -0.39 is 0 Å². The molecule has 2 heterocycles. The van der Waals surface area contributed by atoms with Crippen LogP contribution in [-0.4, -0.2) is 14.5 Å². The maximum Gasteiger partial charge on any atom is 0.236 e. The fourth-order valence-electron chi connectivity index (χ4n) is 0.967. The summed E-state index contributed by atoms with van der Waals surface area (Å²) in [6, 6.07) is 3.74. The van der Waals surface area contributed by atoms with E-state index >= 15 is 0 Å². The van der Waals surface area contributed by atoms with Crippen LogP contribution in [0.3, 0.4) is 0 Å². The first-order chi connectivity index (χ1) is 6.68. The highest BCUT2D eigenvalue weighted by Gasteiger charge is 2.09. The number of nitrogens with zero attached hydrogens (tertiary/aromatic N) is 3. The van der Waals surface area contributed by atoms with Crippen molar-refractivity contribution in [1.82, 2.24) is 14.5 Å². The van der Waals surface area contributed by atoms with Crippen molar-refractivity contribution in [2.24, 2.45) is 0 Å². The molecule has 2 aromatic rings. The minimum Gasteiger partial charge on any atom is -0.293 e. The molecule has 0 unspecified atom stereocenters. The zero-order valence-corrected chi connectivity index (χ0v) is 9.88. The largest absolute Gasteiger partial charge is 0.293 e. The van der Waals surface area contributed by atoms with Crippen LogP contribution in [-0.2, 0) is 0 Å². The highest BCUT2D eigenvalue weighted by molar-refractivity contribution is 9.10. The Bertz CT molecular complexity index is 433. The predicted molar refractivity (Wildman–Crippen MR) is 59.1 cm³/mol. The maximum atomic E-state index is 5.84. The van der Waals surface area contributed by atoms with Gasteiger partial charge in [0.2, 0.25) is 5.95 Å². The van der Waals surface area contributed by atoms with Gasteiger partial charge in [-0.05, 0) is 28.1 Å². The lowest BCUT2D eigenvalue weighted by Crippen LogP contribution is -1.99. The van der Waals surface area contributed by atoms with Crippen LogP contribution in [0.2, 0.25) is 10.3 Å². The van der Waals surface area contributed by atoms with Crippen molar-refractivity contribution in [2.45, 2.75) is 0 Å². The molecule has 0 N–H and O–H groups in total. The van der Waals surface area contributed by atoms with Gasteiger partial charge in [-0.2, -0.15) is 9.97 Å². The molecule has 0 fully saturated rings. The molecule has 2 aromatic heterocycles. The third-order valence-corrected chi connectivity index (χ3v) is 3.35. The van der Waals surface area contributed by atoms with E-state index in [1.54, 1.807) is 4.57 Å². The monoisotopic (exact) mass is 291 g/mol. The molecule has 2 rings (SSSR count). The molecule has 0 amide bonds. The summed E-state index contributed by atoms with van der Waals surface area (Å²) in [6.07, 6.45) is 3.63. The SMILES string of the molecule is Clc1nc(-n2cccc2)nc(Cl)c1Br. The van der Waals surface area contributed by atoms with E-state index in [0.29, 0.717) is 20.7 Å². The van der Waals surface area contributed by atoms with Crippen LogP contribution >= 0.6 is 39.1 Å². The van der Waals surface area contributed by atoms with Gasteiger partial charge in [-0.25, -0.2) is 0 Å². The van der Waals surface area contributed by atoms with Crippen LogP contribution in [0.4, 0.5) is 0 Å². The fraction of sp³-hybridized carbons (Fsp3) is 0. The summed E-state index contributed by atoms with van der Waals surface area (Å²) in [7, 11) is 0. The molecule has 0 aromatic carbocycles. The Morgan fingerprint density at radius 1 is 1.07 bits per heavy atom. The van der Waals surface area contributed by atoms with Crippen molar-refractivity contribution in [1.29, 1.82) is 0 Å². The first-order valence-corrected chi connectivity index (χ1v) is 5.25. The van der Waals surface area contributed by atoms with Crippen molar-refractivity contribution in [3.05, 3.63) is 39.3 Å². The summed E-state index contributed by atoms with van der Waals surface area (Å²) in [6.45, 7) is 0. The third kappa shape index (κ3) is 1.78. The Labute approximate surface area is 98.8 Å². The average molecular weight is 293 g/mol. The molecule has 0 aliphatic carbocycles. The van der Waals surface area contributed by atoms with E-state index in [9.17, 15) is 0 Å². The minimum atomic E-state index is 0.300. The predicted octanol–water partition coefficient (Wildman–Crippen LogP) is 3.34. The van der Waals surface area contributed by atoms with Crippen LogP contribution in [0, 0.1) is 0 Å². The molecule has 0 saturated carbocycles. The molecule has 0 bridgehead atoms. The van der Waals surface area contributed by atoms with Crippen molar-refractivity contribution < 1.29 is 0 Å². The van der Waals surface area contributed by atoms with E-state index in [2.05, 4.69) is 25.9 Å². The molecule has 3 nitrogen and oxygen atoms in total. The second-order valence-electron chi connectivity index (χ2n) is 2.51. The summed E-state index contributed by atoms with van der Waals surface area (Å²) in [5.74, 6) is 0.452. The van der Waals surface area contributed by atoms with Gasteiger partial charge in [0.05, 0.1) is 4.47 Å². The fourth-order valence-corrected chi connectivity index (χ4v) is 1.52. The molecule has 0 radical (unpaired) electrons. The van der Waals surface area contributed by atoms with E-state index in [-0.39, 0.29) is 0 Å². The van der Waals surface area contributed by atoms with Gasteiger partial charge in [-0.3, -0.25) is 4.57 Å². The van der Waals surface area contributed by atoms with Gasteiger partial charge in [0.15, 0.2) is 0 Å². The molecular formula is C8H4BrCl2N3. The van der Waals surface area contributed by atoms with Crippen LogP contribution in [0.25, 0.3) is 5.95 Å². The van der Waals surface area contributed by atoms with Crippen molar-refractivity contribution >= 4 is 39.1 Å². The Balaban J connectivity index is 2.57. The second-order valence-corrected chi connectivity index (χ2v) is 4.02. The van der Waals surface area contributed by atoms with Crippen molar-refractivity contribution in [3.63, 3.8) is 0 Å². The Morgan fingerprint density at radius 3 is 2.07 bits per heavy atom. The van der Waals surface area contributed by atoms with Gasteiger partial charge in [0.1, 0.15) is 10.3 Å². The van der Waals surface area contributed by atoms with Gasteiger partial charge >= 0.3 is 0 Å². The zero-order chi connectivity index (χ0) is 10.1. The average Bonchev–Trinajstić information content (AvgIpc) is 2.66. The molecule has 0 aliphatic heterocycles. The number of halogens is 3. The lowest BCUT2D eigenvalue weighted by atomic mass is 10.6. The standard InChI is InChI=1S/C8H4BrCl2N3/c9-5-6(10)12-8(13-7(5)11)14-3-1-2-4-14/h1-4H. The number of rotatable bonds is 1. The Morgan fingerprint density at radius 2 is 1.57 bits per heavy atom. The molecule has 6 heteroatoms. The quantitative estimate of drug-likeness (QED) is 0.755. The molecule has 14 heavy (non-hydrogen) atoms. The van der Waals surface area contributed by atoms with E-state index in [0.717, 1.165) is 0 Å². The summed E-state index contributed by atoms with van der Waals surface area (Å²) < 4.78 is 2.24. The topological polar surface area (TPSA) is 30.7 Å². The normalized spacial score (nSPS) is 10.5. The number of hydrogen-bond acceptors (Lipinski definition) is 2. The Hall–Kier alpha value is -0.580. The molecule has 0 atom stereocenters. The van der Waals surface area contributed by atoms with Crippen molar-refractivity contribution in [3.8, 4) is 5.95 Å². The molecular weight excluding hydrogens is 289 g/mol. The summed E-state index contributed by atoms with van der Waals surface area (Å²) >= 11 is 14.9. The first-order valence-electron chi connectivity index (χ1n) is 3.70. The molecule has 0 spiro atoms. The molecule has 0 aliphatic rings. The van der Waals surface area contributed by atoms with Gasteiger partial charge in [-0.15, -0.1) is 0 Å². The highest BCUT2D eigenvalue weighted by atomic mass is 79.9. The van der Waals surface area contributed by atoms with Gasteiger partial charge in [0.25, 0.3) is 0 Å². The molecule has 72 valence electrons. The lowest BCUT2D eigenvalue weighted by Gasteiger charge is -2.03. The van der Waals surface area contributed by atoms with E-state index in [4.69, 9.17) is 23.2 Å². The Kier molecular flexibility index (Phi) is 2.76. The van der Waals surface area contributed by atoms with Crippen molar-refractivity contribution in [2.75, 3.05) is 0 Å². The van der Waals surface area contributed by atoms with Crippen LogP contribution in [0.5, 0.6) is 0 Å². The lowest BCUT2D eigenvalue weighted by molar-refractivity contribution is 0.932. The van der Waals surface area contributed by atoms with Gasteiger partial charge in [-0.1, -0.05) is 23.2 Å². The summed E-state index contributed by atoms with van der Waals surface area (Å²) in [5.41, 5.74) is 0. The van der Waals surface area contributed by atoms with Crippen LogP contribution < -0.4 is 0 Å². The number of aromatic nitrogens is 3. The van der Waals surface area contributed by atoms with Crippen LogP contribution in [0.15, 0.2) is 29.0 Å². The van der Waals surface area contributed by atoms with Gasteiger partial charge < -0.3 is 0 Å². The zero-order valence-electron chi connectivity index (χ0n) is 6.78. The number of hydrogen-bond donors (Lipinski definition) is 0. The summed E-state index contributed by atoms with van der Waals surface area (Å²) in [5, 5.41) is 0.599. The second kappa shape index (κ2) is 3.88.